The lowest BCUT2D eigenvalue weighted by Crippen LogP contribution is -2.36. The highest BCUT2D eigenvalue weighted by molar-refractivity contribution is 6.36. The fourth-order valence-corrected chi connectivity index (χ4v) is 3.95. The van der Waals surface area contributed by atoms with E-state index in [0.717, 1.165) is 10.3 Å². The van der Waals surface area contributed by atoms with Gasteiger partial charge in [0.05, 0.1) is 28.7 Å². The van der Waals surface area contributed by atoms with Crippen LogP contribution in [-0.4, -0.2) is 20.8 Å². The molecule has 4 aromatic rings. The Balaban J connectivity index is 2.21. The Morgan fingerprint density at radius 3 is 2.41 bits per heavy atom. The van der Waals surface area contributed by atoms with Gasteiger partial charge >= 0.3 is 5.69 Å². The smallest absolute Gasteiger partial charge is 0.330 e. The third-order valence-corrected chi connectivity index (χ3v) is 5.50. The molecule has 0 saturated heterocycles. The molecule has 2 heterocycles. The zero-order chi connectivity index (χ0) is 20.9. The van der Waals surface area contributed by atoms with Gasteiger partial charge < -0.3 is 9.30 Å². The van der Waals surface area contributed by atoms with E-state index in [1.165, 1.54) is 11.6 Å². The first-order chi connectivity index (χ1) is 13.8. The van der Waals surface area contributed by atoms with Crippen molar-refractivity contribution < 1.29 is 4.74 Å². The second-order valence-electron chi connectivity index (χ2n) is 6.64. The van der Waals surface area contributed by atoms with Crippen LogP contribution in [0.15, 0.2) is 58.3 Å². The van der Waals surface area contributed by atoms with Crippen LogP contribution in [0.5, 0.6) is 5.75 Å². The van der Waals surface area contributed by atoms with Crippen molar-refractivity contribution >= 4 is 34.1 Å². The number of fused-ring (bicyclic) bond motifs is 1. The number of hydrogen-bond acceptors (Lipinski definition) is 3. The number of nitrogens with zero attached hydrogens (tertiary/aromatic N) is 3. The lowest BCUT2D eigenvalue weighted by atomic mass is 10.1. The van der Waals surface area contributed by atoms with Crippen LogP contribution in [0.25, 0.3) is 27.8 Å². The topological polar surface area (TPSA) is 58.2 Å². The van der Waals surface area contributed by atoms with Crippen molar-refractivity contribution in [2.45, 2.75) is 0 Å². The molecule has 0 aliphatic rings. The molecule has 2 aromatic carbocycles. The SMILES string of the molecule is COc1cccc(-n2cc3c(c2-c2ccc(Cl)cc2Cl)c(=O)n(C)c(=O)n3C)c1. The highest BCUT2D eigenvalue weighted by Gasteiger charge is 2.22. The van der Waals surface area contributed by atoms with E-state index < -0.39 is 11.2 Å². The number of aryl methyl sites for hydroxylation is 1. The maximum Gasteiger partial charge on any atom is 0.330 e. The molecule has 0 radical (unpaired) electrons. The van der Waals surface area contributed by atoms with Crippen molar-refractivity contribution in [3.63, 3.8) is 0 Å². The molecule has 0 saturated carbocycles. The molecule has 4 rings (SSSR count). The van der Waals surface area contributed by atoms with E-state index in [4.69, 9.17) is 27.9 Å². The molecule has 0 N–H and O–H groups in total. The molecule has 0 spiro atoms. The number of hydrogen-bond donors (Lipinski definition) is 0. The van der Waals surface area contributed by atoms with Gasteiger partial charge in [0.2, 0.25) is 0 Å². The lowest BCUT2D eigenvalue weighted by molar-refractivity contribution is 0.414. The third-order valence-electron chi connectivity index (χ3n) is 4.96. The van der Waals surface area contributed by atoms with Gasteiger partial charge in [-0.05, 0) is 30.3 Å². The molecule has 0 atom stereocenters. The Hall–Kier alpha value is -2.96. The Kier molecular flexibility index (Phi) is 4.76. The van der Waals surface area contributed by atoms with Gasteiger partial charge in [0.1, 0.15) is 5.75 Å². The van der Waals surface area contributed by atoms with Crippen LogP contribution in [0.4, 0.5) is 0 Å². The minimum Gasteiger partial charge on any atom is -0.497 e. The van der Waals surface area contributed by atoms with Gasteiger partial charge in [0, 0.05) is 42.6 Å². The summed E-state index contributed by atoms with van der Waals surface area (Å²) in [5.41, 5.74) is 1.67. The van der Waals surface area contributed by atoms with Crippen LogP contribution in [0.2, 0.25) is 10.0 Å². The lowest BCUT2D eigenvalue weighted by Gasteiger charge is -2.12. The number of aromatic nitrogens is 3. The first-order valence-electron chi connectivity index (χ1n) is 8.74. The number of benzene rings is 2. The molecule has 6 nitrogen and oxygen atoms in total. The van der Waals surface area contributed by atoms with Crippen molar-refractivity contribution in [3.05, 3.63) is 79.5 Å². The van der Waals surface area contributed by atoms with E-state index in [1.54, 1.807) is 38.6 Å². The maximum atomic E-state index is 13.1. The van der Waals surface area contributed by atoms with Crippen molar-refractivity contribution in [2.75, 3.05) is 7.11 Å². The molecule has 29 heavy (non-hydrogen) atoms. The Labute approximate surface area is 176 Å². The standard InChI is InChI=1S/C21H17Cl2N3O3/c1-24-17-11-26(13-5-4-6-14(10-13)29-3)19(15-8-7-12(22)9-16(15)23)18(17)20(27)25(2)21(24)28/h4-11H,1-3H3. The summed E-state index contributed by atoms with van der Waals surface area (Å²) in [6.45, 7) is 0. The van der Waals surface area contributed by atoms with Crippen molar-refractivity contribution in [1.29, 1.82) is 0 Å². The van der Waals surface area contributed by atoms with E-state index in [1.807, 2.05) is 28.8 Å². The summed E-state index contributed by atoms with van der Waals surface area (Å²) in [4.78, 5) is 25.5. The predicted molar refractivity (Wildman–Crippen MR) is 116 cm³/mol. The van der Waals surface area contributed by atoms with E-state index in [-0.39, 0.29) is 0 Å². The van der Waals surface area contributed by atoms with Crippen molar-refractivity contribution in [3.8, 4) is 22.7 Å². The molecule has 0 aliphatic heterocycles. The van der Waals surface area contributed by atoms with E-state index >= 15 is 0 Å². The van der Waals surface area contributed by atoms with Gasteiger partial charge in [-0.2, -0.15) is 0 Å². The molecular weight excluding hydrogens is 413 g/mol. The first-order valence-corrected chi connectivity index (χ1v) is 9.50. The molecular formula is C21H17Cl2N3O3. The highest BCUT2D eigenvalue weighted by atomic mass is 35.5. The summed E-state index contributed by atoms with van der Waals surface area (Å²) < 4.78 is 9.71. The van der Waals surface area contributed by atoms with Gasteiger partial charge in [-0.25, -0.2) is 4.79 Å². The second-order valence-corrected chi connectivity index (χ2v) is 7.48. The quantitative estimate of drug-likeness (QED) is 0.494. The summed E-state index contributed by atoms with van der Waals surface area (Å²) in [5, 5.41) is 1.28. The van der Waals surface area contributed by atoms with Crippen molar-refractivity contribution in [2.24, 2.45) is 14.1 Å². The average Bonchev–Trinajstić information content (AvgIpc) is 3.11. The average molecular weight is 430 g/mol. The minimum absolute atomic E-state index is 0.390. The zero-order valence-corrected chi connectivity index (χ0v) is 17.5. The molecule has 8 heteroatoms. The number of methoxy groups -OCH3 is 1. The van der Waals surface area contributed by atoms with E-state index in [2.05, 4.69) is 0 Å². The van der Waals surface area contributed by atoms with Crippen molar-refractivity contribution in [1.82, 2.24) is 13.7 Å². The van der Waals surface area contributed by atoms with Crippen LogP contribution in [0.1, 0.15) is 0 Å². The van der Waals surface area contributed by atoms with Gasteiger partial charge in [-0.1, -0.05) is 29.3 Å². The van der Waals surface area contributed by atoms with Crippen LogP contribution in [-0.2, 0) is 14.1 Å². The first kappa shape index (κ1) is 19.4. The Morgan fingerprint density at radius 1 is 0.966 bits per heavy atom. The Morgan fingerprint density at radius 2 is 1.72 bits per heavy atom. The summed E-state index contributed by atoms with van der Waals surface area (Å²) >= 11 is 12.6. The monoisotopic (exact) mass is 429 g/mol. The summed E-state index contributed by atoms with van der Waals surface area (Å²) in [6, 6.07) is 12.5. The maximum absolute atomic E-state index is 13.1. The van der Waals surface area contributed by atoms with Gasteiger partial charge in [0.15, 0.2) is 0 Å². The van der Waals surface area contributed by atoms with Gasteiger partial charge in [-0.15, -0.1) is 0 Å². The fraction of sp³-hybridized carbons (Fsp3) is 0.143. The molecule has 0 unspecified atom stereocenters. The normalized spacial score (nSPS) is 11.2. The minimum atomic E-state index is -0.404. The molecule has 0 amide bonds. The van der Waals surface area contributed by atoms with Crippen LogP contribution >= 0.6 is 23.2 Å². The number of halogens is 2. The van der Waals surface area contributed by atoms with E-state index in [0.29, 0.717) is 38.0 Å². The largest absolute Gasteiger partial charge is 0.497 e. The molecule has 0 bridgehead atoms. The second kappa shape index (κ2) is 7.13. The molecule has 148 valence electrons. The third kappa shape index (κ3) is 3.05. The molecule has 2 aromatic heterocycles. The summed E-state index contributed by atoms with van der Waals surface area (Å²) in [5.74, 6) is 0.662. The molecule has 0 aliphatic carbocycles. The summed E-state index contributed by atoms with van der Waals surface area (Å²) in [7, 11) is 4.68. The van der Waals surface area contributed by atoms with E-state index in [9.17, 15) is 9.59 Å². The van der Waals surface area contributed by atoms with Crippen LogP contribution in [0.3, 0.4) is 0 Å². The van der Waals surface area contributed by atoms with Crippen LogP contribution in [0, 0.1) is 0 Å². The highest BCUT2D eigenvalue weighted by Crippen LogP contribution is 2.36. The summed E-state index contributed by atoms with van der Waals surface area (Å²) in [6.07, 6.45) is 1.76. The Bertz CT molecular complexity index is 1380. The zero-order valence-electron chi connectivity index (χ0n) is 15.9. The van der Waals surface area contributed by atoms with Gasteiger partial charge in [-0.3, -0.25) is 13.9 Å². The molecule has 0 fully saturated rings. The number of ether oxygens (including phenoxy) is 1. The van der Waals surface area contributed by atoms with Gasteiger partial charge in [0.25, 0.3) is 5.56 Å². The fourth-order valence-electron chi connectivity index (χ4n) is 3.45. The van der Waals surface area contributed by atoms with Crippen LogP contribution < -0.4 is 16.0 Å². The predicted octanol–water partition coefficient (Wildman–Crippen LogP) is 4.01. The number of rotatable bonds is 3.